The Morgan fingerprint density at radius 1 is 1.08 bits per heavy atom. The molecule has 0 unspecified atom stereocenters. The lowest BCUT2D eigenvalue weighted by molar-refractivity contribution is -0.134. The third-order valence-corrected chi connectivity index (χ3v) is 6.23. The van der Waals surface area contributed by atoms with Crippen molar-refractivity contribution in [2.45, 2.75) is 31.2 Å². The smallest absolute Gasteiger partial charge is 0.239 e. The van der Waals surface area contributed by atoms with E-state index in [9.17, 15) is 9.59 Å². The molecule has 134 valence electrons. The molecule has 4 nitrogen and oxygen atoms in total. The van der Waals surface area contributed by atoms with Gasteiger partial charge in [0.25, 0.3) is 0 Å². The molecule has 0 spiro atoms. The van der Waals surface area contributed by atoms with Gasteiger partial charge in [-0.1, -0.05) is 42.5 Å². The van der Waals surface area contributed by atoms with Crippen LogP contribution in [-0.4, -0.2) is 18.4 Å². The third kappa shape index (κ3) is 2.94. The Balaban J connectivity index is 1.51. The van der Waals surface area contributed by atoms with Crippen molar-refractivity contribution in [1.29, 1.82) is 0 Å². The van der Waals surface area contributed by atoms with Crippen molar-refractivity contribution in [3.63, 3.8) is 0 Å². The maximum absolute atomic E-state index is 12.9. The zero-order valence-corrected chi connectivity index (χ0v) is 16.0. The van der Waals surface area contributed by atoms with Gasteiger partial charge in [0.15, 0.2) is 0 Å². The topological polar surface area (TPSA) is 49.4 Å². The number of para-hydroxylation sites is 1. The number of hydrogen-bond donors (Lipinski definition) is 1. The van der Waals surface area contributed by atoms with Crippen LogP contribution in [0.2, 0.25) is 0 Å². The Bertz CT molecular complexity index is 833. The Hall–Kier alpha value is -2.14. The van der Waals surface area contributed by atoms with Crippen LogP contribution >= 0.6 is 15.9 Å². The fourth-order valence-corrected chi connectivity index (χ4v) is 4.43. The van der Waals surface area contributed by atoms with Crippen LogP contribution in [0.25, 0.3) is 0 Å². The molecule has 1 aliphatic heterocycles. The molecule has 2 aromatic rings. The molecule has 0 aromatic heterocycles. The lowest BCUT2D eigenvalue weighted by Gasteiger charge is -2.43. The van der Waals surface area contributed by atoms with Crippen LogP contribution in [-0.2, 0) is 15.1 Å². The summed E-state index contributed by atoms with van der Waals surface area (Å²) in [5.74, 6) is -0.867. The van der Waals surface area contributed by atoms with Crippen LogP contribution in [0.3, 0.4) is 0 Å². The standard InChI is InChI=1S/C21H21BrN2O2/c22-17-9-4-5-10-18(17)24-14-11-16(20(24)26)19(25)23-21(12-6-13-21)15-7-2-1-3-8-15/h1-5,7-10,16H,6,11-14H2,(H,23,25)/t16-/m1/s1. The average Bonchev–Trinajstić information content (AvgIpc) is 3.01. The SMILES string of the molecule is O=C(NC1(c2ccccc2)CCC1)[C@H]1CCN(c2ccccc2Br)C1=O. The summed E-state index contributed by atoms with van der Waals surface area (Å²) in [6, 6.07) is 17.7. The first-order valence-corrected chi connectivity index (χ1v) is 9.83. The number of hydrogen-bond acceptors (Lipinski definition) is 2. The van der Waals surface area contributed by atoms with E-state index in [1.807, 2.05) is 42.5 Å². The van der Waals surface area contributed by atoms with E-state index in [2.05, 4.69) is 33.4 Å². The second kappa shape index (κ2) is 6.88. The molecule has 2 amide bonds. The molecule has 1 saturated heterocycles. The summed E-state index contributed by atoms with van der Waals surface area (Å²) in [7, 11) is 0. The number of anilines is 1. The number of halogens is 1. The van der Waals surface area contributed by atoms with Gasteiger partial charge in [0.05, 0.1) is 11.2 Å². The average molecular weight is 413 g/mol. The summed E-state index contributed by atoms with van der Waals surface area (Å²) in [4.78, 5) is 27.5. The molecular weight excluding hydrogens is 392 g/mol. The van der Waals surface area contributed by atoms with Crippen molar-refractivity contribution in [2.24, 2.45) is 5.92 Å². The molecule has 2 aromatic carbocycles. The summed E-state index contributed by atoms with van der Waals surface area (Å²) in [6.45, 7) is 0.567. The van der Waals surface area contributed by atoms with Gasteiger partial charge in [0, 0.05) is 11.0 Å². The van der Waals surface area contributed by atoms with Crippen molar-refractivity contribution in [1.82, 2.24) is 5.32 Å². The number of carbonyl (C=O) groups is 2. The number of rotatable bonds is 4. The van der Waals surface area contributed by atoms with E-state index in [4.69, 9.17) is 0 Å². The Morgan fingerprint density at radius 3 is 2.42 bits per heavy atom. The lowest BCUT2D eigenvalue weighted by atomic mass is 9.71. The molecule has 0 radical (unpaired) electrons. The first-order valence-electron chi connectivity index (χ1n) is 9.04. The number of carbonyl (C=O) groups excluding carboxylic acids is 2. The number of benzene rings is 2. The van der Waals surface area contributed by atoms with Crippen LogP contribution in [0.4, 0.5) is 5.69 Å². The molecule has 0 bridgehead atoms. The molecular formula is C21H21BrN2O2. The minimum Gasteiger partial charge on any atom is -0.346 e. The first kappa shape index (κ1) is 17.3. The van der Waals surface area contributed by atoms with Crippen LogP contribution in [0, 0.1) is 5.92 Å². The third-order valence-electron chi connectivity index (χ3n) is 5.56. The molecule has 2 fully saturated rings. The van der Waals surface area contributed by atoms with E-state index in [1.165, 1.54) is 0 Å². The fraction of sp³-hybridized carbons (Fsp3) is 0.333. The van der Waals surface area contributed by atoms with E-state index in [-0.39, 0.29) is 17.4 Å². The highest BCUT2D eigenvalue weighted by Crippen LogP contribution is 2.42. The number of amides is 2. The van der Waals surface area contributed by atoms with E-state index in [0.29, 0.717) is 13.0 Å². The van der Waals surface area contributed by atoms with Crippen molar-refractivity contribution >= 4 is 33.4 Å². The van der Waals surface area contributed by atoms with Gasteiger partial charge in [-0.2, -0.15) is 0 Å². The van der Waals surface area contributed by atoms with Gasteiger partial charge in [-0.25, -0.2) is 0 Å². The Morgan fingerprint density at radius 2 is 1.77 bits per heavy atom. The fourth-order valence-electron chi connectivity index (χ4n) is 3.93. The van der Waals surface area contributed by atoms with Crippen LogP contribution in [0.5, 0.6) is 0 Å². The van der Waals surface area contributed by atoms with E-state index in [1.54, 1.807) is 4.90 Å². The highest BCUT2D eigenvalue weighted by molar-refractivity contribution is 9.10. The maximum Gasteiger partial charge on any atom is 0.239 e. The summed E-state index contributed by atoms with van der Waals surface area (Å²) in [5, 5.41) is 3.21. The molecule has 5 heteroatoms. The summed E-state index contributed by atoms with van der Waals surface area (Å²) >= 11 is 3.50. The van der Waals surface area contributed by atoms with Crippen molar-refractivity contribution in [2.75, 3.05) is 11.4 Å². The van der Waals surface area contributed by atoms with Gasteiger partial charge in [-0.3, -0.25) is 9.59 Å². The Kier molecular flexibility index (Phi) is 4.57. The Labute approximate surface area is 161 Å². The summed E-state index contributed by atoms with van der Waals surface area (Å²) in [6.07, 6.45) is 3.50. The second-order valence-electron chi connectivity index (χ2n) is 7.07. The van der Waals surface area contributed by atoms with Gasteiger partial charge < -0.3 is 10.2 Å². The minimum atomic E-state index is -0.608. The summed E-state index contributed by atoms with van der Waals surface area (Å²) < 4.78 is 0.870. The van der Waals surface area contributed by atoms with Crippen LogP contribution < -0.4 is 10.2 Å². The molecule has 1 aliphatic carbocycles. The highest BCUT2D eigenvalue weighted by atomic mass is 79.9. The maximum atomic E-state index is 12.9. The molecule has 26 heavy (non-hydrogen) atoms. The van der Waals surface area contributed by atoms with E-state index in [0.717, 1.165) is 35.0 Å². The molecule has 1 atom stereocenters. The highest BCUT2D eigenvalue weighted by Gasteiger charge is 2.44. The molecule has 1 heterocycles. The predicted molar refractivity (Wildman–Crippen MR) is 105 cm³/mol. The minimum absolute atomic E-state index is 0.114. The molecule has 1 N–H and O–H groups in total. The van der Waals surface area contributed by atoms with Gasteiger partial charge >= 0.3 is 0 Å². The molecule has 4 rings (SSSR count). The normalized spacial score (nSPS) is 21.3. The van der Waals surface area contributed by atoms with Crippen LogP contribution in [0.15, 0.2) is 59.1 Å². The first-order chi connectivity index (χ1) is 12.6. The van der Waals surface area contributed by atoms with Crippen molar-refractivity contribution in [3.05, 3.63) is 64.6 Å². The lowest BCUT2D eigenvalue weighted by Crippen LogP contribution is -2.53. The van der Waals surface area contributed by atoms with Crippen LogP contribution in [0.1, 0.15) is 31.2 Å². The van der Waals surface area contributed by atoms with Gasteiger partial charge in [-0.15, -0.1) is 0 Å². The predicted octanol–water partition coefficient (Wildman–Crippen LogP) is 4.00. The van der Waals surface area contributed by atoms with E-state index >= 15 is 0 Å². The second-order valence-corrected chi connectivity index (χ2v) is 7.93. The quantitative estimate of drug-likeness (QED) is 0.771. The largest absolute Gasteiger partial charge is 0.346 e. The zero-order valence-electron chi connectivity index (χ0n) is 14.5. The summed E-state index contributed by atoms with van der Waals surface area (Å²) in [5.41, 5.74) is 1.65. The van der Waals surface area contributed by atoms with Crippen molar-refractivity contribution in [3.8, 4) is 0 Å². The van der Waals surface area contributed by atoms with Crippen molar-refractivity contribution < 1.29 is 9.59 Å². The molecule has 2 aliphatic rings. The monoisotopic (exact) mass is 412 g/mol. The van der Waals surface area contributed by atoms with Gasteiger partial charge in [-0.05, 0) is 59.3 Å². The number of nitrogens with zero attached hydrogens (tertiary/aromatic N) is 1. The zero-order chi connectivity index (χ0) is 18.1. The van der Waals surface area contributed by atoms with Gasteiger partial charge in [0.2, 0.25) is 11.8 Å². The van der Waals surface area contributed by atoms with Gasteiger partial charge in [0.1, 0.15) is 5.92 Å². The number of nitrogens with one attached hydrogen (secondary N) is 1. The molecule has 1 saturated carbocycles. The van der Waals surface area contributed by atoms with E-state index < -0.39 is 5.92 Å².